The minimum absolute atomic E-state index is 0.278. The number of nitrogens with zero attached hydrogens (tertiary/aromatic N) is 2. The fourth-order valence-electron chi connectivity index (χ4n) is 2.67. The first kappa shape index (κ1) is 13.7. The third kappa shape index (κ3) is 3.24. The average Bonchev–Trinajstić information content (AvgIpc) is 2.92. The number of nitrogens with one attached hydrogen (secondary N) is 2. The highest BCUT2D eigenvalue weighted by Crippen LogP contribution is 2.26. The Morgan fingerprint density at radius 2 is 1.90 bits per heavy atom. The van der Waals surface area contributed by atoms with Crippen LogP contribution in [0, 0.1) is 0 Å². The van der Waals surface area contributed by atoms with Crippen molar-refractivity contribution in [2.75, 3.05) is 22.9 Å². The monoisotopic (exact) mass is 283 g/mol. The van der Waals surface area contributed by atoms with Crippen molar-refractivity contribution in [2.45, 2.75) is 32.6 Å². The van der Waals surface area contributed by atoms with Crippen molar-refractivity contribution in [1.82, 2.24) is 9.97 Å². The molecule has 110 valence electrons. The van der Waals surface area contributed by atoms with E-state index in [4.69, 9.17) is 5.73 Å². The zero-order chi connectivity index (χ0) is 14.7. The molecule has 0 spiro atoms. The second-order valence-corrected chi connectivity index (χ2v) is 5.39. The molecular weight excluding hydrogens is 262 g/mol. The zero-order valence-electron chi connectivity index (χ0n) is 12.3. The summed E-state index contributed by atoms with van der Waals surface area (Å²) in [5.74, 6) is 1.76. The Morgan fingerprint density at radius 3 is 2.76 bits per heavy atom. The number of anilines is 4. The number of rotatable bonds is 5. The molecule has 0 fully saturated rings. The van der Waals surface area contributed by atoms with Crippen LogP contribution in [0.4, 0.5) is 23.3 Å². The molecule has 0 saturated heterocycles. The largest absolute Gasteiger partial charge is 0.370 e. The van der Waals surface area contributed by atoms with Crippen LogP contribution in [-0.4, -0.2) is 16.5 Å². The maximum atomic E-state index is 5.77. The van der Waals surface area contributed by atoms with E-state index < -0.39 is 0 Å². The van der Waals surface area contributed by atoms with E-state index in [1.165, 1.54) is 30.4 Å². The Balaban J connectivity index is 1.79. The van der Waals surface area contributed by atoms with Crippen molar-refractivity contribution in [1.29, 1.82) is 0 Å². The highest BCUT2D eigenvalue weighted by molar-refractivity contribution is 5.62. The highest BCUT2D eigenvalue weighted by atomic mass is 15.1. The maximum absolute atomic E-state index is 5.77. The van der Waals surface area contributed by atoms with E-state index in [1.54, 1.807) is 0 Å². The van der Waals surface area contributed by atoms with Gasteiger partial charge in [0.15, 0.2) is 0 Å². The predicted molar refractivity (Wildman–Crippen MR) is 87.0 cm³/mol. The molecule has 5 nitrogen and oxygen atoms in total. The third-order valence-electron chi connectivity index (χ3n) is 3.67. The summed E-state index contributed by atoms with van der Waals surface area (Å²) in [5.41, 5.74) is 9.73. The molecule has 0 aliphatic heterocycles. The molecule has 0 saturated carbocycles. The molecule has 0 amide bonds. The van der Waals surface area contributed by atoms with Gasteiger partial charge in [0.05, 0.1) is 0 Å². The predicted octanol–water partition coefficient (Wildman–Crippen LogP) is 3.11. The van der Waals surface area contributed by atoms with Gasteiger partial charge in [-0.2, -0.15) is 9.97 Å². The highest BCUT2D eigenvalue weighted by Gasteiger charge is 2.11. The van der Waals surface area contributed by atoms with Crippen LogP contribution in [-0.2, 0) is 12.8 Å². The average molecular weight is 283 g/mol. The Labute approximate surface area is 125 Å². The first-order valence-electron chi connectivity index (χ1n) is 7.52. The van der Waals surface area contributed by atoms with E-state index in [1.807, 2.05) is 6.07 Å². The molecule has 0 atom stereocenters. The number of hydrogen-bond donors (Lipinski definition) is 3. The van der Waals surface area contributed by atoms with Crippen LogP contribution in [0.1, 0.15) is 30.9 Å². The number of fused-ring (bicyclic) bond motifs is 1. The van der Waals surface area contributed by atoms with Crippen LogP contribution in [0.15, 0.2) is 24.3 Å². The Kier molecular flexibility index (Phi) is 3.90. The molecule has 1 aliphatic rings. The van der Waals surface area contributed by atoms with Gasteiger partial charge in [0, 0.05) is 18.3 Å². The van der Waals surface area contributed by atoms with Crippen LogP contribution in [0.3, 0.4) is 0 Å². The molecule has 5 heteroatoms. The number of nitrogen functional groups attached to an aromatic ring is 1. The summed E-state index contributed by atoms with van der Waals surface area (Å²) >= 11 is 0. The van der Waals surface area contributed by atoms with Crippen LogP contribution in [0.5, 0.6) is 0 Å². The van der Waals surface area contributed by atoms with Gasteiger partial charge < -0.3 is 16.4 Å². The van der Waals surface area contributed by atoms with E-state index >= 15 is 0 Å². The molecule has 4 N–H and O–H groups in total. The molecular formula is C16H21N5. The molecule has 21 heavy (non-hydrogen) atoms. The first-order chi connectivity index (χ1) is 10.2. The minimum atomic E-state index is 0.278. The molecule has 0 radical (unpaired) electrons. The Morgan fingerprint density at radius 1 is 1.10 bits per heavy atom. The number of aromatic nitrogens is 2. The molecule has 0 unspecified atom stereocenters. The molecule has 1 aliphatic carbocycles. The van der Waals surface area contributed by atoms with Crippen molar-refractivity contribution < 1.29 is 0 Å². The van der Waals surface area contributed by atoms with E-state index in [-0.39, 0.29) is 5.95 Å². The lowest BCUT2D eigenvalue weighted by atomic mass is 10.1. The van der Waals surface area contributed by atoms with Crippen molar-refractivity contribution in [2.24, 2.45) is 0 Å². The summed E-state index contributed by atoms with van der Waals surface area (Å²) in [7, 11) is 0. The van der Waals surface area contributed by atoms with Crippen molar-refractivity contribution in [3.63, 3.8) is 0 Å². The van der Waals surface area contributed by atoms with E-state index in [0.29, 0.717) is 0 Å². The second-order valence-electron chi connectivity index (χ2n) is 5.39. The number of nitrogens with two attached hydrogens (primary N) is 1. The summed E-state index contributed by atoms with van der Waals surface area (Å²) in [4.78, 5) is 8.43. The zero-order valence-corrected chi connectivity index (χ0v) is 12.3. The number of hydrogen-bond acceptors (Lipinski definition) is 5. The second kappa shape index (κ2) is 5.99. The number of aryl methyl sites for hydroxylation is 2. The fraction of sp³-hybridized carbons (Fsp3) is 0.375. The normalized spacial score (nSPS) is 13.0. The standard InChI is InChI=1S/C16H21N5/c1-2-8-18-14-10-15(21-16(17)20-14)19-13-7-6-11-4-3-5-12(11)9-13/h6-7,9-10H,2-5,8H2,1H3,(H4,17,18,19,20,21). The lowest BCUT2D eigenvalue weighted by Crippen LogP contribution is -2.06. The topological polar surface area (TPSA) is 75.9 Å². The van der Waals surface area contributed by atoms with Gasteiger partial charge in [-0.05, 0) is 48.9 Å². The summed E-state index contributed by atoms with van der Waals surface area (Å²) in [6, 6.07) is 8.39. The van der Waals surface area contributed by atoms with Crippen molar-refractivity contribution >= 4 is 23.3 Å². The quantitative estimate of drug-likeness (QED) is 0.786. The molecule has 3 rings (SSSR count). The summed E-state index contributed by atoms with van der Waals surface area (Å²) in [6.45, 7) is 2.98. The van der Waals surface area contributed by atoms with E-state index in [2.05, 4.69) is 45.7 Å². The van der Waals surface area contributed by atoms with Gasteiger partial charge >= 0.3 is 0 Å². The Bertz CT molecular complexity index is 639. The van der Waals surface area contributed by atoms with Gasteiger partial charge in [-0.15, -0.1) is 0 Å². The SMILES string of the molecule is CCCNc1cc(Nc2ccc3c(c2)CCC3)nc(N)n1. The van der Waals surface area contributed by atoms with Crippen molar-refractivity contribution in [3.8, 4) is 0 Å². The van der Waals surface area contributed by atoms with E-state index in [0.717, 1.165) is 30.3 Å². The Hall–Kier alpha value is -2.30. The smallest absolute Gasteiger partial charge is 0.223 e. The number of benzene rings is 1. The van der Waals surface area contributed by atoms with Gasteiger partial charge in [0.2, 0.25) is 5.95 Å². The molecule has 1 aromatic carbocycles. The lowest BCUT2D eigenvalue weighted by Gasteiger charge is -2.10. The lowest BCUT2D eigenvalue weighted by molar-refractivity contribution is 0.912. The van der Waals surface area contributed by atoms with Crippen LogP contribution in [0.2, 0.25) is 0 Å². The first-order valence-corrected chi connectivity index (χ1v) is 7.52. The third-order valence-corrected chi connectivity index (χ3v) is 3.67. The van der Waals surface area contributed by atoms with Gasteiger partial charge in [-0.25, -0.2) is 0 Å². The molecule has 2 aromatic rings. The van der Waals surface area contributed by atoms with Gasteiger partial charge in [0.1, 0.15) is 11.6 Å². The van der Waals surface area contributed by atoms with Gasteiger partial charge in [-0.3, -0.25) is 0 Å². The minimum Gasteiger partial charge on any atom is -0.370 e. The summed E-state index contributed by atoms with van der Waals surface area (Å²) in [5, 5.41) is 6.55. The molecule has 0 bridgehead atoms. The van der Waals surface area contributed by atoms with Crippen LogP contribution >= 0.6 is 0 Å². The molecule has 1 heterocycles. The van der Waals surface area contributed by atoms with Crippen LogP contribution < -0.4 is 16.4 Å². The van der Waals surface area contributed by atoms with E-state index in [9.17, 15) is 0 Å². The maximum Gasteiger partial charge on any atom is 0.223 e. The summed E-state index contributed by atoms with van der Waals surface area (Å²) in [6.07, 6.45) is 4.66. The molecule has 1 aromatic heterocycles. The van der Waals surface area contributed by atoms with Gasteiger partial charge in [-0.1, -0.05) is 13.0 Å². The fourth-order valence-corrected chi connectivity index (χ4v) is 2.67. The van der Waals surface area contributed by atoms with Gasteiger partial charge in [0.25, 0.3) is 0 Å². The van der Waals surface area contributed by atoms with Crippen LogP contribution in [0.25, 0.3) is 0 Å². The van der Waals surface area contributed by atoms with Crippen molar-refractivity contribution in [3.05, 3.63) is 35.4 Å². The summed E-state index contributed by atoms with van der Waals surface area (Å²) < 4.78 is 0.